The summed E-state index contributed by atoms with van der Waals surface area (Å²) in [5.41, 5.74) is 0.882. The van der Waals surface area contributed by atoms with Gasteiger partial charge in [0.05, 0.1) is 8.07 Å². The van der Waals surface area contributed by atoms with Crippen molar-refractivity contribution < 1.29 is 4.43 Å². The van der Waals surface area contributed by atoms with E-state index < -0.39 is 8.07 Å². The Balaban J connectivity index is 0. The molecule has 0 atom stereocenters. The zero-order valence-corrected chi connectivity index (χ0v) is 10.7. The van der Waals surface area contributed by atoms with E-state index >= 15 is 0 Å². The quantitative estimate of drug-likeness (QED) is 0.437. The lowest BCUT2D eigenvalue weighted by Crippen LogP contribution is -2.21. The predicted molar refractivity (Wildman–Crippen MR) is 51.0 cm³/mol. The minimum atomic E-state index is -0.866. The van der Waals surface area contributed by atoms with Crippen molar-refractivity contribution in [2.24, 2.45) is 0 Å². The second-order valence-corrected chi connectivity index (χ2v) is 10.1. The molecule has 0 rings (SSSR count). The van der Waals surface area contributed by atoms with Crippen molar-refractivity contribution in [2.75, 3.05) is 12.6 Å². The van der Waals surface area contributed by atoms with Gasteiger partial charge in [0, 0.05) is 12.6 Å². The molecule has 0 aliphatic rings. The van der Waals surface area contributed by atoms with Crippen molar-refractivity contribution >= 4 is 30.2 Å². The van der Waals surface area contributed by atoms with Gasteiger partial charge in [0.1, 0.15) is 10.5 Å². The molecule has 0 radical (unpaired) electrons. The fraction of sp³-hybridized carbons (Fsp3) is 1.00. The number of hydrogen-bond donors (Lipinski definition) is 0. The van der Waals surface area contributed by atoms with Crippen molar-refractivity contribution in [3.63, 3.8) is 0 Å². The van der Waals surface area contributed by atoms with Crippen LogP contribution in [-0.4, -0.2) is 31.2 Å². The molecule has 0 aromatic rings. The van der Waals surface area contributed by atoms with Gasteiger partial charge in [0.15, 0.2) is 0 Å². The van der Waals surface area contributed by atoms with E-state index in [4.69, 9.17) is 11.6 Å². The van der Waals surface area contributed by atoms with Gasteiger partial charge in [-0.15, -0.1) is 11.6 Å². The Kier molecular flexibility index (Phi) is 9.34. The van der Waals surface area contributed by atoms with E-state index in [0.717, 1.165) is 16.0 Å². The molecule has 0 aliphatic carbocycles. The van der Waals surface area contributed by atoms with E-state index in [1.165, 1.54) is 0 Å². The van der Waals surface area contributed by atoms with Crippen LogP contribution in [0.3, 0.4) is 0 Å². The highest BCUT2D eigenvalue weighted by molar-refractivity contribution is 6.81. The molecule has 0 amide bonds. The minimum Gasteiger partial charge on any atom is -0.431 e. The second kappa shape index (κ2) is 6.80. The maximum Gasteiger partial charge on any atom is 0.145 e. The van der Waals surface area contributed by atoms with E-state index in [-0.39, 0.29) is 0 Å². The third-order valence-electron chi connectivity index (χ3n) is 0.401. The standard InChI is InChI=1S/C4H11ClSi.CH6OSi/c1-6(2,3)4-5;1-2-3/h4H2,1-3H3;1,3H3. The molecule has 0 saturated carbocycles. The number of alkyl halides is 1. The molecule has 58 valence electrons. The molecule has 0 heterocycles. The molecule has 0 saturated heterocycles. The Morgan fingerprint density at radius 3 is 1.56 bits per heavy atom. The van der Waals surface area contributed by atoms with Gasteiger partial charge >= 0.3 is 0 Å². The summed E-state index contributed by atoms with van der Waals surface area (Å²) in [6, 6.07) is 0. The van der Waals surface area contributed by atoms with Gasteiger partial charge in [-0.2, -0.15) is 0 Å². The van der Waals surface area contributed by atoms with Gasteiger partial charge < -0.3 is 4.43 Å². The van der Waals surface area contributed by atoms with Crippen LogP contribution in [0.25, 0.3) is 0 Å². The van der Waals surface area contributed by atoms with Crippen molar-refractivity contribution in [1.29, 1.82) is 0 Å². The predicted octanol–water partition coefficient (Wildman–Crippen LogP) is 1.02. The Hall–Kier alpha value is 0.684. The molecule has 9 heavy (non-hydrogen) atoms. The van der Waals surface area contributed by atoms with Crippen LogP contribution in [0.5, 0.6) is 0 Å². The third-order valence-corrected chi connectivity index (χ3v) is 3.61. The van der Waals surface area contributed by atoms with Crippen LogP contribution in [0.4, 0.5) is 0 Å². The smallest absolute Gasteiger partial charge is 0.145 e. The number of hydrogen-bond acceptors (Lipinski definition) is 1. The lowest BCUT2D eigenvalue weighted by atomic mass is 11.8. The molecule has 0 aliphatic heterocycles. The Bertz CT molecular complexity index is 53.4. The zero-order valence-electron chi connectivity index (χ0n) is 6.99. The van der Waals surface area contributed by atoms with Crippen LogP contribution in [0.15, 0.2) is 0 Å². The molecule has 0 aromatic carbocycles. The fourth-order valence-electron chi connectivity index (χ4n) is 0. The van der Waals surface area contributed by atoms with E-state index in [2.05, 4.69) is 24.1 Å². The molecule has 4 heteroatoms. The summed E-state index contributed by atoms with van der Waals surface area (Å²) in [7, 11) is 1.69. The van der Waals surface area contributed by atoms with E-state index in [1.807, 2.05) is 0 Å². The maximum atomic E-state index is 5.54. The van der Waals surface area contributed by atoms with Crippen LogP contribution in [0.2, 0.25) is 19.6 Å². The lowest BCUT2D eigenvalue weighted by molar-refractivity contribution is 0.460. The van der Waals surface area contributed by atoms with Gasteiger partial charge in [-0.25, -0.2) is 0 Å². The third kappa shape index (κ3) is 28.6. The van der Waals surface area contributed by atoms with Crippen molar-refractivity contribution in [2.45, 2.75) is 19.6 Å². The molecule has 0 aromatic heterocycles. The van der Waals surface area contributed by atoms with Crippen molar-refractivity contribution in [3.05, 3.63) is 0 Å². The molecular weight excluding hydrogens is 168 g/mol. The van der Waals surface area contributed by atoms with Crippen LogP contribution >= 0.6 is 11.6 Å². The summed E-state index contributed by atoms with van der Waals surface area (Å²) in [6.07, 6.45) is 0. The number of rotatable bonds is 1. The normalized spacial score (nSPS) is 10.3. The molecule has 0 fully saturated rings. The lowest BCUT2D eigenvalue weighted by Gasteiger charge is -2.07. The topological polar surface area (TPSA) is 9.23 Å². The van der Waals surface area contributed by atoms with Crippen molar-refractivity contribution in [1.82, 2.24) is 0 Å². The Morgan fingerprint density at radius 1 is 1.44 bits per heavy atom. The highest BCUT2D eigenvalue weighted by atomic mass is 35.5. The fourth-order valence-corrected chi connectivity index (χ4v) is 0. The largest absolute Gasteiger partial charge is 0.431 e. The first kappa shape index (κ1) is 12.4. The molecule has 0 unspecified atom stereocenters. The average molecular weight is 185 g/mol. The van der Waals surface area contributed by atoms with E-state index in [0.29, 0.717) is 0 Å². The van der Waals surface area contributed by atoms with Crippen LogP contribution in [0, 0.1) is 0 Å². The van der Waals surface area contributed by atoms with Gasteiger partial charge in [-0.3, -0.25) is 0 Å². The first-order chi connectivity index (χ1) is 3.97. The molecule has 0 N–H and O–H groups in total. The summed E-state index contributed by atoms with van der Waals surface area (Å²) < 4.78 is 4.39. The molecule has 0 spiro atoms. The summed E-state index contributed by atoms with van der Waals surface area (Å²) >= 11 is 5.54. The summed E-state index contributed by atoms with van der Waals surface area (Å²) in [4.78, 5) is 0. The van der Waals surface area contributed by atoms with Gasteiger partial charge in [0.25, 0.3) is 0 Å². The van der Waals surface area contributed by atoms with Crippen LogP contribution < -0.4 is 0 Å². The molecule has 1 nitrogen and oxygen atoms in total. The summed E-state index contributed by atoms with van der Waals surface area (Å²) in [5, 5.41) is 0. The maximum absolute atomic E-state index is 5.54. The zero-order chi connectivity index (χ0) is 7.91. The second-order valence-electron chi connectivity index (χ2n) is 3.10. The highest BCUT2D eigenvalue weighted by Crippen LogP contribution is 2.00. The number of halogens is 1. The van der Waals surface area contributed by atoms with Crippen molar-refractivity contribution in [3.8, 4) is 0 Å². The Morgan fingerprint density at radius 2 is 1.56 bits per heavy atom. The highest BCUT2D eigenvalue weighted by Gasteiger charge is 2.08. The van der Waals surface area contributed by atoms with Gasteiger partial charge in [0.2, 0.25) is 0 Å². The van der Waals surface area contributed by atoms with E-state index in [9.17, 15) is 0 Å². The first-order valence-electron chi connectivity index (χ1n) is 2.94. The SMILES string of the molecule is CO[SiH3].C[Si](C)(C)CCl. The minimum absolute atomic E-state index is 0.866. The first-order valence-corrected chi connectivity index (χ1v) is 8.00. The summed E-state index contributed by atoms with van der Waals surface area (Å²) in [6.45, 7) is 6.75. The Labute approximate surface area is 67.3 Å². The van der Waals surface area contributed by atoms with Gasteiger partial charge in [-0.05, 0) is 0 Å². The average Bonchev–Trinajstić information content (AvgIpc) is 1.67. The van der Waals surface area contributed by atoms with Crippen LogP contribution in [-0.2, 0) is 4.43 Å². The van der Waals surface area contributed by atoms with E-state index in [1.54, 1.807) is 7.11 Å². The molecular formula is C5H17ClOSi2. The van der Waals surface area contributed by atoms with Crippen LogP contribution in [0.1, 0.15) is 0 Å². The molecule has 0 bridgehead atoms. The monoisotopic (exact) mass is 184 g/mol. The van der Waals surface area contributed by atoms with Gasteiger partial charge in [-0.1, -0.05) is 19.6 Å². The summed E-state index contributed by atoms with van der Waals surface area (Å²) in [5.74, 6) is 0.